The van der Waals surface area contributed by atoms with E-state index in [4.69, 9.17) is 11.6 Å². The third-order valence-electron chi connectivity index (χ3n) is 2.79. The van der Waals surface area contributed by atoms with Crippen LogP contribution in [0.25, 0.3) is 0 Å². The van der Waals surface area contributed by atoms with E-state index in [-0.39, 0.29) is 5.92 Å². The lowest BCUT2D eigenvalue weighted by Crippen LogP contribution is -2.07. The summed E-state index contributed by atoms with van der Waals surface area (Å²) in [7, 11) is 0. The van der Waals surface area contributed by atoms with Crippen molar-refractivity contribution in [3.8, 4) is 0 Å². The molecule has 2 aromatic heterocycles. The van der Waals surface area contributed by atoms with Gasteiger partial charge >= 0.3 is 0 Å². The van der Waals surface area contributed by atoms with Gasteiger partial charge in [-0.25, -0.2) is 9.97 Å². The maximum atomic E-state index is 6.11. The van der Waals surface area contributed by atoms with E-state index in [1.807, 2.05) is 6.92 Å². The van der Waals surface area contributed by atoms with Crippen LogP contribution in [-0.4, -0.2) is 20.2 Å². The standard InChI is InChI=1S/C12H16ClN5/c1-7(2)10-11(13)15-6-16-12(10)14-4-9-5-17-18-8(9)3/h5-7H,4H2,1-3H3,(H,17,18)(H,14,15,16). The lowest BCUT2D eigenvalue weighted by Gasteiger charge is -2.13. The fraction of sp³-hybridized carbons (Fsp3) is 0.417. The number of aromatic nitrogens is 4. The molecule has 5 nitrogen and oxygen atoms in total. The van der Waals surface area contributed by atoms with Crippen molar-refractivity contribution < 1.29 is 0 Å². The molecule has 6 heteroatoms. The first-order valence-corrected chi connectivity index (χ1v) is 6.20. The molecule has 2 aromatic rings. The van der Waals surface area contributed by atoms with Crippen LogP contribution in [0.5, 0.6) is 0 Å². The van der Waals surface area contributed by atoms with E-state index in [2.05, 4.69) is 39.3 Å². The van der Waals surface area contributed by atoms with Gasteiger partial charge in [-0.3, -0.25) is 5.10 Å². The first-order valence-electron chi connectivity index (χ1n) is 5.82. The minimum Gasteiger partial charge on any atom is -0.365 e. The van der Waals surface area contributed by atoms with Crippen LogP contribution in [0.2, 0.25) is 5.15 Å². The third kappa shape index (κ3) is 2.61. The largest absolute Gasteiger partial charge is 0.365 e. The molecule has 0 aliphatic heterocycles. The van der Waals surface area contributed by atoms with Crippen LogP contribution in [0, 0.1) is 6.92 Å². The van der Waals surface area contributed by atoms with Gasteiger partial charge in [-0.2, -0.15) is 5.10 Å². The van der Waals surface area contributed by atoms with Crippen molar-refractivity contribution in [1.82, 2.24) is 20.2 Å². The van der Waals surface area contributed by atoms with Crippen LogP contribution in [0.1, 0.15) is 36.6 Å². The van der Waals surface area contributed by atoms with Crippen molar-refractivity contribution in [2.75, 3.05) is 5.32 Å². The number of aromatic amines is 1. The number of H-pyrrole nitrogens is 1. The second-order valence-electron chi connectivity index (χ2n) is 4.46. The molecule has 18 heavy (non-hydrogen) atoms. The number of rotatable bonds is 4. The molecule has 0 unspecified atom stereocenters. The molecule has 0 amide bonds. The maximum Gasteiger partial charge on any atom is 0.138 e. The van der Waals surface area contributed by atoms with Gasteiger partial charge in [0.1, 0.15) is 17.3 Å². The van der Waals surface area contributed by atoms with Crippen LogP contribution < -0.4 is 5.32 Å². The Morgan fingerprint density at radius 3 is 2.78 bits per heavy atom. The van der Waals surface area contributed by atoms with Gasteiger partial charge < -0.3 is 5.32 Å². The van der Waals surface area contributed by atoms with Crippen molar-refractivity contribution in [2.24, 2.45) is 0 Å². The van der Waals surface area contributed by atoms with Crippen molar-refractivity contribution in [3.05, 3.63) is 34.5 Å². The number of aryl methyl sites for hydroxylation is 1. The highest BCUT2D eigenvalue weighted by molar-refractivity contribution is 6.30. The maximum absolute atomic E-state index is 6.11. The summed E-state index contributed by atoms with van der Waals surface area (Å²) >= 11 is 6.11. The summed E-state index contributed by atoms with van der Waals surface area (Å²) in [4.78, 5) is 8.27. The first-order chi connectivity index (χ1) is 8.59. The summed E-state index contributed by atoms with van der Waals surface area (Å²) in [6, 6.07) is 0. The van der Waals surface area contributed by atoms with E-state index in [9.17, 15) is 0 Å². The number of anilines is 1. The number of halogens is 1. The summed E-state index contributed by atoms with van der Waals surface area (Å²) in [5.74, 6) is 1.05. The summed E-state index contributed by atoms with van der Waals surface area (Å²) in [6.07, 6.45) is 3.28. The zero-order valence-electron chi connectivity index (χ0n) is 10.7. The highest BCUT2D eigenvalue weighted by Crippen LogP contribution is 2.28. The van der Waals surface area contributed by atoms with Gasteiger partial charge in [-0.1, -0.05) is 25.4 Å². The molecule has 2 heterocycles. The Balaban J connectivity index is 2.19. The molecule has 0 radical (unpaired) electrons. The van der Waals surface area contributed by atoms with Crippen molar-refractivity contribution in [2.45, 2.75) is 33.2 Å². The SMILES string of the molecule is Cc1[nH]ncc1CNc1ncnc(Cl)c1C(C)C. The molecule has 0 saturated carbocycles. The van der Waals surface area contributed by atoms with Gasteiger partial charge in [0.15, 0.2) is 0 Å². The molecule has 0 bridgehead atoms. The molecule has 0 saturated heterocycles. The van der Waals surface area contributed by atoms with Gasteiger partial charge in [0, 0.05) is 23.4 Å². The zero-order chi connectivity index (χ0) is 13.1. The Labute approximate surface area is 111 Å². The molecular weight excluding hydrogens is 250 g/mol. The molecule has 0 atom stereocenters. The molecule has 0 aromatic carbocycles. The van der Waals surface area contributed by atoms with Crippen LogP contribution in [0.15, 0.2) is 12.5 Å². The Morgan fingerprint density at radius 1 is 1.39 bits per heavy atom. The van der Waals surface area contributed by atoms with Gasteiger partial charge in [-0.05, 0) is 12.8 Å². The highest BCUT2D eigenvalue weighted by atomic mass is 35.5. The van der Waals surface area contributed by atoms with Crippen LogP contribution in [-0.2, 0) is 6.54 Å². The molecule has 0 fully saturated rings. The minimum atomic E-state index is 0.270. The number of hydrogen-bond acceptors (Lipinski definition) is 4. The van der Waals surface area contributed by atoms with E-state index in [0.717, 1.165) is 22.6 Å². The van der Waals surface area contributed by atoms with Crippen molar-refractivity contribution in [1.29, 1.82) is 0 Å². The summed E-state index contributed by atoms with van der Waals surface area (Å²) < 4.78 is 0. The average molecular weight is 266 g/mol. The predicted octanol–water partition coefficient (Wildman–Crippen LogP) is 2.90. The molecular formula is C12H16ClN5. The van der Waals surface area contributed by atoms with Gasteiger partial charge in [0.2, 0.25) is 0 Å². The molecule has 96 valence electrons. The van der Waals surface area contributed by atoms with Gasteiger partial charge in [0.25, 0.3) is 0 Å². The lowest BCUT2D eigenvalue weighted by molar-refractivity contribution is 0.844. The first kappa shape index (κ1) is 12.8. The quantitative estimate of drug-likeness (QED) is 0.834. The predicted molar refractivity (Wildman–Crippen MR) is 71.8 cm³/mol. The molecule has 0 spiro atoms. The lowest BCUT2D eigenvalue weighted by atomic mass is 10.1. The van der Waals surface area contributed by atoms with E-state index in [0.29, 0.717) is 11.7 Å². The van der Waals surface area contributed by atoms with Crippen molar-refractivity contribution in [3.63, 3.8) is 0 Å². The minimum absolute atomic E-state index is 0.270. The second-order valence-corrected chi connectivity index (χ2v) is 4.81. The highest BCUT2D eigenvalue weighted by Gasteiger charge is 2.13. The topological polar surface area (TPSA) is 66.5 Å². The van der Waals surface area contributed by atoms with E-state index >= 15 is 0 Å². The van der Waals surface area contributed by atoms with Crippen LogP contribution in [0.4, 0.5) is 5.82 Å². The fourth-order valence-electron chi connectivity index (χ4n) is 1.76. The number of hydrogen-bond donors (Lipinski definition) is 2. The Kier molecular flexibility index (Phi) is 3.81. The van der Waals surface area contributed by atoms with E-state index in [1.54, 1.807) is 6.20 Å². The monoisotopic (exact) mass is 265 g/mol. The second kappa shape index (κ2) is 5.35. The number of nitrogens with zero attached hydrogens (tertiary/aromatic N) is 3. The molecule has 0 aliphatic carbocycles. The average Bonchev–Trinajstić information content (AvgIpc) is 2.71. The summed E-state index contributed by atoms with van der Waals surface area (Å²) in [6.45, 7) is 6.79. The van der Waals surface area contributed by atoms with Crippen LogP contribution >= 0.6 is 11.6 Å². The van der Waals surface area contributed by atoms with E-state index in [1.165, 1.54) is 6.33 Å². The van der Waals surface area contributed by atoms with Gasteiger partial charge in [-0.15, -0.1) is 0 Å². The third-order valence-corrected chi connectivity index (χ3v) is 3.09. The van der Waals surface area contributed by atoms with Crippen molar-refractivity contribution >= 4 is 17.4 Å². The summed E-state index contributed by atoms with van der Waals surface area (Å²) in [5.41, 5.74) is 3.11. The fourth-order valence-corrected chi connectivity index (χ4v) is 2.11. The summed E-state index contributed by atoms with van der Waals surface area (Å²) in [5, 5.41) is 10.7. The smallest absolute Gasteiger partial charge is 0.138 e. The Morgan fingerprint density at radius 2 is 2.17 bits per heavy atom. The Hall–Kier alpha value is -1.62. The molecule has 2 rings (SSSR count). The zero-order valence-corrected chi connectivity index (χ0v) is 11.4. The molecule has 0 aliphatic rings. The van der Waals surface area contributed by atoms with Gasteiger partial charge in [0.05, 0.1) is 6.20 Å². The van der Waals surface area contributed by atoms with Crippen LogP contribution in [0.3, 0.4) is 0 Å². The van der Waals surface area contributed by atoms with E-state index < -0.39 is 0 Å². The number of nitrogens with one attached hydrogen (secondary N) is 2. The molecule has 2 N–H and O–H groups in total. The normalized spacial score (nSPS) is 10.9. The Bertz CT molecular complexity index is 535.